The molecular weight excluding hydrogens is 352 g/mol. The highest BCUT2D eigenvalue weighted by Crippen LogP contribution is 2.34. The Hall–Kier alpha value is -1.92. The Bertz CT molecular complexity index is 834. The van der Waals surface area contributed by atoms with E-state index < -0.39 is 5.97 Å². The molecule has 0 saturated heterocycles. The monoisotopic (exact) mass is 360 g/mol. The molecule has 0 bridgehead atoms. The van der Waals surface area contributed by atoms with E-state index in [0.29, 0.717) is 4.90 Å². The summed E-state index contributed by atoms with van der Waals surface area (Å²) in [5, 5.41) is 10.9. The van der Waals surface area contributed by atoms with Crippen molar-refractivity contribution in [2.75, 3.05) is 0 Å². The molecule has 0 aliphatic rings. The number of carboxylic acids is 1. The fourth-order valence-electron chi connectivity index (χ4n) is 1.92. The van der Waals surface area contributed by atoms with Gasteiger partial charge in [-0.1, -0.05) is 45.9 Å². The molecule has 0 aliphatic carbocycles. The van der Waals surface area contributed by atoms with E-state index in [-0.39, 0.29) is 5.56 Å². The molecule has 0 fully saturated rings. The van der Waals surface area contributed by atoms with Crippen LogP contribution in [-0.4, -0.2) is 21.0 Å². The summed E-state index contributed by atoms with van der Waals surface area (Å²) < 4.78 is 0.827. The average molecular weight is 361 g/mol. The van der Waals surface area contributed by atoms with Gasteiger partial charge in [-0.05, 0) is 24.3 Å². The number of para-hydroxylation sites is 1. The third-order valence-corrected chi connectivity index (χ3v) is 4.46. The first-order valence-electron chi connectivity index (χ1n) is 6.05. The molecule has 4 nitrogen and oxygen atoms in total. The quantitative estimate of drug-likeness (QED) is 0.707. The zero-order chi connectivity index (χ0) is 14.8. The molecule has 21 heavy (non-hydrogen) atoms. The second kappa shape index (κ2) is 5.83. The molecule has 3 rings (SSSR count). The first-order valence-corrected chi connectivity index (χ1v) is 7.66. The van der Waals surface area contributed by atoms with Crippen LogP contribution >= 0.6 is 27.7 Å². The maximum Gasteiger partial charge on any atom is 0.336 e. The van der Waals surface area contributed by atoms with E-state index in [0.717, 1.165) is 20.4 Å². The van der Waals surface area contributed by atoms with Gasteiger partial charge in [-0.25, -0.2) is 14.8 Å². The van der Waals surface area contributed by atoms with Crippen LogP contribution in [0.4, 0.5) is 0 Å². The Morgan fingerprint density at radius 2 is 1.95 bits per heavy atom. The Morgan fingerprint density at radius 3 is 2.76 bits per heavy atom. The maximum absolute atomic E-state index is 11.3. The van der Waals surface area contributed by atoms with Crippen molar-refractivity contribution in [1.82, 2.24) is 9.97 Å². The van der Waals surface area contributed by atoms with Gasteiger partial charge < -0.3 is 5.11 Å². The van der Waals surface area contributed by atoms with Gasteiger partial charge in [0.2, 0.25) is 0 Å². The second-order valence-electron chi connectivity index (χ2n) is 4.24. The van der Waals surface area contributed by atoms with E-state index in [2.05, 4.69) is 25.9 Å². The van der Waals surface area contributed by atoms with Gasteiger partial charge in [-0.2, -0.15) is 0 Å². The Morgan fingerprint density at radius 1 is 1.14 bits per heavy atom. The molecule has 2 aromatic carbocycles. The maximum atomic E-state index is 11.3. The lowest BCUT2D eigenvalue weighted by Gasteiger charge is -2.08. The van der Waals surface area contributed by atoms with E-state index in [9.17, 15) is 9.90 Å². The molecule has 3 aromatic rings. The van der Waals surface area contributed by atoms with Crippen molar-refractivity contribution in [1.29, 1.82) is 0 Å². The summed E-state index contributed by atoms with van der Waals surface area (Å²) in [6.07, 6.45) is 1.49. The third kappa shape index (κ3) is 2.91. The van der Waals surface area contributed by atoms with Crippen molar-refractivity contribution in [3.8, 4) is 0 Å². The topological polar surface area (TPSA) is 63.1 Å². The number of hydrogen-bond acceptors (Lipinski definition) is 4. The largest absolute Gasteiger partial charge is 0.478 e. The van der Waals surface area contributed by atoms with Crippen LogP contribution in [0.2, 0.25) is 0 Å². The number of aromatic carboxylic acids is 1. The standard InChI is InChI=1S/C15H9BrN2O2S/c16-9-5-6-11(15(19)20)13(7-9)21-14-10-3-1-2-4-12(10)17-8-18-14/h1-8H,(H,19,20). The molecule has 104 valence electrons. The van der Waals surface area contributed by atoms with E-state index in [1.54, 1.807) is 18.2 Å². The van der Waals surface area contributed by atoms with Gasteiger partial charge in [-0.3, -0.25) is 0 Å². The number of carbonyl (C=O) groups is 1. The highest BCUT2D eigenvalue weighted by molar-refractivity contribution is 9.10. The van der Waals surface area contributed by atoms with Crippen LogP contribution in [0.3, 0.4) is 0 Å². The van der Waals surface area contributed by atoms with Gasteiger partial charge in [0, 0.05) is 14.8 Å². The van der Waals surface area contributed by atoms with Crippen LogP contribution in [0.15, 0.2) is 63.2 Å². The minimum atomic E-state index is -0.955. The van der Waals surface area contributed by atoms with Crippen molar-refractivity contribution in [2.24, 2.45) is 0 Å². The van der Waals surface area contributed by atoms with Crippen molar-refractivity contribution >= 4 is 44.6 Å². The predicted molar refractivity (Wildman–Crippen MR) is 84.8 cm³/mol. The Balaban J connectivity index is 2.11. The molecule has 0 radical (unpaired) electrons. The lowest BCUT2D eigenvalue weighted by atomic mass is 10.2. The minimum Gasteiger partial charge on any atom is -0.478 e. The van der Waals surface area contributed by atoms with Crippen LogP contribution in [0, 0.1) is 0 Å². The molecule has 1 heterocycles. The average Bonchev–Trinajstić information content (AvgIpc) is 2.47. The molecule has 0 atom stereocenters. The predicted octanol–water partition coefficient (Wildman–Crippen LogP) is 4.24. The van der Waals surface area contributed by atoms with Crippen LogP contribution in [0.5, 0.6) is 0 Å². The summed E-state index contributed by atoms with van der Waals surface area (Å²) in [4.78, 5) is 20.4. The zero-order valence-electron chi connectivity index (χ0n) is 10.7. The van der Waals surface area contributed by atoms with E-state index >= 15 is 0 Å². The van der Waals surface area contributed by atoms with E-state index in [4.69, 9.17) is 0 Å². The summed E-state index contributed by atoms with van der Waals surface area (Å²) in [6, 6.07) is 12.7. The van der Waals surface area contributed by atoms with Crippen molar-refractivity contribution in [2.45, 2.75) is 9.92 Å². The third-order valence-electron chi connectivity index (χ3n) is 2.89. The van der Waals surface area contributed by atoms with Gasteiger partial charge in [0.15, 0.2) is 0 Å². The number of nitrogens with zero attached hydrogens (tertiary/aromatic N) is 2. The summed E-state index contributed by atoms with van der Waals surface area (Å²) >= 11 is 4.69. The van der Waals surface area contributed by atoms with Crippen molar-refractivity contribution in [3.05, 3.63) is 58.8 Å². The Labute approximate surface area is 133 Å². The number of halogens is 1. The molecule has 0 unspecified atom stereocenters. The SMILES string of the molecule is O=C(O)c1ccc(Br)cc1Sc1ncnc2ccccc12. The normalized spacial score (nSPS) is 10.7. The van der Waals surface area contributed by atoms with Crippen LogP contribution < -0.4 is 0 Å². The lowest BCUT2D eigenvalue weighted by molar-refractivity contribution is 0.0693. The van der Waals surface area contributed by atoms with Gasteiger partial charge in [0.05, 0.1) is 11.1 Å². The summed E-state index contributed by atoms with van der Waals surface area (Å²) in [5.41, 5.74) is 1.09. The van der Waals surface area contributed by atoms with Gasteiger partial charge >= 0.3 is 5.97 Å². The molecule has 0 aliphatic heterocycles. The fraction of sp³-hybridized carbons (Fsp3) is 0. The lowest BCUT2D eigenvalue weighted by Crippen LogP contribution is -1.99. The smallest absolute Gasteiger partial charge is 0.336 e. The Kier molecular flexibility index (Phi) is 3.90. The van der Waals surface area contributed by atoms with Crippen LogP contribution in [0.25, 0.3) is 10.9 Å². The zero-order valence-corrected chi connectivity index (χ0v) is 13.1. The molecule has 0 amide bonds. The summed E-state index contributed by atoms with van der Waals surface area (Å²) in [5.74, 6) is -0.955. The minimum absolute atomic E-state index is 0.255. The van der Waals surface area contributed by atoms with Gasteiger partial charge in [0.25, 0.3) is 0 Å². The first kappa shape index (κ1) is 14.0. The second-order valence-corrected chi connectivity index (χ2v) is 6.19. The number of hydrogen-bond donors (Lipinski definition) is 1. The highest BCUT2D eigenvalue weighted by Gasteiger charge is 2.14. The van der Waals surface area contributed by atoms with Crippen LogP contribution in [0.1, 0.15) is 10.4 Å². The first-order chi connectivity index (χ1) is 10.1. The van der Waals surface area contributed by atoms with E-state index in [1.807, 2.05) is 24.3 Å². The number of fused-ring (bicyclic) bond motifs is 1. The van der Waals surface area contributed by atoms with Gasteiger partial charge in [-0.15, -0.1) is 0 Å². The molecule has 0 saturated carbocycles. The van der Waals surface area contributed by atoms with Gasteiger partial charge in [0.1, 0.15) is 11.4 Å². The molecule has 1 N–H and O–H groups in total. The molecule has 0 spiro atoms. The number of rotatable bonds is 3. The summed E-state index contributed by atoms with van der Waals surface area (Å²) in [7, 11) is 0. The van der Waals surface area contributed by atoms with Crippen LogP contribution in [-0.2, 0) is 0 Å². The fourth-order valence-corrected chi connectivity index (χ4v) is 3.48. The van der Waals surface area contributed by atoms with Crippen molar-refractivity contribution in [3.63, 3.8) is 0 Å². The summed E-state index contributed by atoms with van der Waals surface area (Å²) in [6.45, 7) is 0. The number of carboxylic acid groups (broad SMARTS) is 1. The molecular formula is C15H9BrN2O2S. The number of benzene rings is 2. The number of aromatic nitrogens is 2. The molecule has 6 heteroatoms. The highest BCUT2D eigenvalue weighted by atomic mass is 79.9. The van der Waals surface area contributed by atoms with Crippen molar-refractivity contribution < 1.29 is 9.90 Å². The molecule has 1 aromatic heterocycles. The van der Waals surface area contributed by atoms with E-state index in [1.165, 1.54) is 18.1 Å².